The lowest BCUT2D eigenvalue weighted by atomic mass is 10.2. The third kappa shape index (κ3) is 2.99. The van der Waals surface area contributed by atoms with Crippen molar-refractivity contribution >= 4 is 17.3 Å². The van der Waals surface area contributed by atoms with Crippen molar-refractivity contribution in [2.75, 3.05) is 10.6 Å². The Hall–Kier alpha value is -2.30. The van der Waals surface area contributed by atoms with Crippen LogP contribution in [0.25, 0.3) is 0 Å². The summed E-state index contributed by atoms with van der Waals surface area (Å²) in [7, 11) is 1.97. The summed E-state index contributed by atoms with van der Waals surface area (Å²) >= 11 is 0. The van der Waals surface area contributed by atoms with Gasteiger partial charge in [-0.15, -0.1) is 0 Å². The van der Waals surface area contributed by atoms with Gasteiger partial charge in [-0.2, -0.15) is 0 Å². The predicted molar refractivity (Wildman–Crippen MR) is 78.3 cm³/mol. The summed E-state index contributed by atoms with van der Waals surface area (Å²) in [4.78, 5) is 15.9. The number of carbonyl (C=O) groups is 1. The Morgan fingerprint density at radius 2 is 2.00 bits per heavy atom. The van der Waals surface area contributed by atoms with Gasteiger partial charge in [0.25, 0.3) is 0 Å². The average Bonchev–Trinajstić information content (AvgIpc) is 3.22. The summed E-state index contributed by atoms with van der Waals surface area (Å²) < 4.78 is 1.98. The molecule has 1 fully saturated rings. The Balaban J connectivity index is 1.55. The van der Waals surface area contributed by atoms with E-state index in [2.05, 4.69) is 15.6 Å². The van der Waals surface area contributed by atoms with E-state index in [1.54, 1.807) is 6.20 Å². The zero-order chi connectivity index (χ0) is 13.9. The molecule has 2 aromatic rings. The Morgan fingerprint density at radius 1 is 1.30 bits per heavy atom. The molecule has 1 aromatic carbocycles. The average molecular weight is 270 g/mol. The number of aromatic nitrogens is 2. The second kappa shape index (κ2) is 5.36. The van der Waals surface area contributed by atoms with E-state index >= 15 is 0 Å². The van der Waals surface area contributed by atoms with Crippen LogP contribution in [-0.4, -0.2) is 15.5 Å². The van der Waals surface area contributed by atoms with E-state index in [4.69, 9.17) is 0 Å². The molecule has 0 saturated heterocycles. The normalized spacial score (nSPS) is 14.1. The van der Waals surface area contributed by atoms with Gasteiger partial charge in [0.1, 0.15) is 5.82 Å². The molecule has 3 rings (SSSR count). The van der Waals surface area contributed by atoms with Gasteiger partial charge in [0, 0.05) is 36.7 Å². The Morgan fingerprint density at radius 3 is 2.60 bits per heavy atom. The summed E-state index contributed by atoms with van der Waals surface area (Å²) in [6.07, 6.45) is 5.76. The van der Waals surface area contributed by atoms with E-state index in [0.29, 0.717) is 6.54 Å². The molecule has 0 aliphatic heterocycles. The van der Waals surface area contributed by atoms with Gasteiger partial charge < -0.3 is 15.2 Å². The molecule has 2 N–H and O–H groups in total. The number of imidazole rings is 1. The van der Waals surface area contributed by atoms with Crippen molar-refractivity contribution in [2.45, 2.75) is 19.4 Å². The topological polar surface area (TPSA) is 59.0 Å². The largest absolute Gasteiger partial charge is 0.378 e. The number of carbonyl (C=O) groups excluding carboxylic acids is 1. The van der Waals surface area contributed by atoms with E-state index in [9.17, 15) is 4.79 Å². The highest BCUT2D eigenvalue weighted by molar-refractivity contribution is 5.94. The number of benzene rings is 1. The van der Waals surface area contributed by atoms with Crippen LogP contribution in [0.3, 0.4) is 0 Å². The molecule has 5 heteroatoms. The molecule has 0 unspecified atom stereocenters. The quantitative estimate of drug-likeness (QED) is 0.877. The summed E-state index contributed by atoms with van der Waals surface area (Å²) in [5.74, 6) is 1.35. The van der Waals surface area contributed by atoms with Crippen LogP contribution in [0.2, 0.25) is 0 Å². The maximum atomic E-state index is 11.6. The van der Waals surface area contributed by atoms with Gasteiger partial charge in [-0.25, -0.2) is 4.98 Å². The maximum Gasteiger partial charge on any atom is 0.227 e. The molecule has 0 bridgehead atoms. The van der Waals surface area contributed by atoms with Crippen LogP contribution in [0.15, 0.2) is 36.7 Å². The van der Waals surface area contributed by atoms with Crippen molar-refractivity contribution in [3.8, 4) is 0 Å². The third-order valence-corrected chi connectivity index (χ3v) is 3.47. The summed E-state index contributed by atoms with van der Waals surface area (Å²) in [6.45, 7) is 0.678. The summed E-state index contributed by atoms with van der Waals surface area (Å²) in [5.41, 5.74) is 1.86. The van der Waals surface area contributed by atoms with E-state index in [1.165, 1.54) is 0 Å². The van der Waals surface area contributed by atoms with Crippen LogP contribution < -0.4 is 10.6 Å². The van der Waals surface area contributed by atoms with Crippen LogP contribution in [0.5, 0.6) is 0 Å². The lowest BCUT2D eigenvalue weighted by molar-refractivity contribution is -0.117. The molecule has 1 heterocycles. The number of aryl methyl sites for hydroxylation is 1. The first-order valence-electron chi connectivity index (χ1n) is 6.83. The number of nitrogens with zero attached hydrogens (tertiary/aromatic N) is 2. The van der Waals surface area contributed by atoms with Crippen molar-refractivity contribution in [2.24, 2.45) is 13.0 Å². The number of nitrogens with one attached hydrogen (secondary N) is 2. The first kappa shape index (κ1) is 12.7. The Bertz CT molecular complexity index is 599. The lowest BCUT2D eigenvalue weighted by Crippen LogP contribution is -2.13. The summed E-state index contributed by atoms with van der Waals surface area (Å²) in [5, 5.41) is 6.23. The Labute approximate surface area is 118 Å². The van der Waals surface area contributed by atoms with Gasteiger partial charge in [-0.1, -0.05) is 0 Å². The molecular formula is C15H18N4O. The highest BCUT2D eigenvalue weighted by Crippen LogP contribution is 2.30. The van der Waals surface area contributed by atoms with Crippen LogP contribution in [0, 0.1) is 5.92 Å². The molecule has 5 nitrogen and oxygen atoms in total. The summed E-state index contributed by atoms with van der Waals surface area (Å²) in [6, 6.07) is 7.76. The van der Waals surface area contributed by atoms with Crippen LogP contribution >= 0.6 is 0 Å². The van der Waals surface area contributed by atoms with Crippen LogP contribution in [-0.2, 0) is 18.4 Å². The van der Waals surface area contributed by atoms with Crippen molar-refractivity contribution in [1.82, 2.24) is 9.55 Å². The third-order valence-electron chi connectivity index (χ3n) is 3.47. The number of anilines is 2. The van der Waals surface area contributed by atoms with Crippen LogP contribution in [0.1, 0.15) is 18.7 Å². The monoisotopic (exact) mass is 270 g/mol. The van der Waals surface area contributed by atoms with E-state index in [1.807, 2.05) is 42.1 Å². The SMILES string of the molecule is Cn1ccnc1CNc1ccc(NC(=O)C2CC2)cc1. The number of hydrogen-bond donors (Lipinski definition) is 2. The molecule has 20 heavy (non-hydrogen) atoms. The van der Waals surface area contributed by atoms with Crippen molar-refractivity contribution in [3.63, 3.8) is 0 Å². The number of hydrogen-bond acceptors (Lipinski definition) is 3. The van der Waals surface area contributed by atoms with Gasteiger partial charge in [-0.3, -0.25) is 4.79 Å². The second-order valence-corrected chi connectivity index (χ2v) is 5.15. The molecular weight excluding hydrogens is 252 g/mol. The minimum atomic E-state index is 0.138. The standard InChI is InChI=1S/C15H18N4O/c1-19-9-8-16-14(19)10-17-12-4-6-13(7-5-12)18-15(20)11-2-3-11/h4-9,11,17H,2-3,10H2,1H3,(H,18,20). The van der Waals surface area contributed by atoms with Gasteiger partial charge >= 0.3 is 0 Å². The highest BCUT2D eigenvalue weighted by atomic mass is 16.2. The van der Waals surface area contributed by atoms with Gasteiger partial charge in [0.2, 0.25) is 5.91 Å². The molecule has 0 spiro atoms. The molecule has 1 aliphatic carbocycles. The highest BCUT2D eigenvalue weighted by Gasteiger charge is 2.29. The predicted octanol–water partition coefficient (Wildman–Crippen LogP) is 2.38. The van der Waals surface area contributed by atoms with Gasteiger partial charge in [0.15, 0.2) is 0 Å². The number of amides is 1. The minimum absolute atomic E-state index is 0.138. The first-order chi connectivity index (χ1) is 9.72. The van der Waals surface area contributed by atoms with Crippen molar-refractivity contribution in [3.05, 3.63) is 42.5 Å². The van der Waals surface area contributed by atoms with Gasteiger partial charge in [-0.05, 0) is 37.1 Å². The van der Waals surface area contributed by atoms with Crippen molar-refractivity contribution < 1.29 is 4.79 Å². The minimum Gasteiger partial charge on any atom is -0.378 e. The molecule has 1 aliphatic rings. The molecule has 1 amide bonds. The Kier molecular flexibility index (Phi) is 3.41. The fourth-order valence-corrected chi connectivity index (χ4v) is 2.01. The molecule has 104 valence electrons. The maximum absolute atomic E-state index is 11.6. The molecule has 0 radical (unpaired) electrons. The molecule has 1 saturated carbocycles. The van der Waals surface area contributed by atoms with Crippen molar-refractivity contribution in [1.29, 1.82) is 0 Å². The van der Waals surface area contributed by atoms with Crippen LogP contribution in [0.4, 0.5) is 11.4 Å². The number of rotatable bonds is 5. The molecule has 1 aromatic heterocycles. The smallest absolute Gasteiger partial charge is 0.227 e. The van der Waals surface area contributed by atoms with E-state index in [0.717, 1.165) is 30.0 Å². The van der Waals surface area contributed by atoms with E-state index in [-0.39, 0.29) is 11.8 Å². The molecule has 0 atom stereocenters. The lowest BCUT2D eigenvalue weighted by Gasteiger charge is -2.08. The zero-order valence-electron chi connectivity index (χ0n) is 11.5. The van der Waals surface area contributed by atoms with E-state index < -0.39 is 0 Å². The first-order valence-corrected chi connectivity index (χ1v) is 6.83. The van der Waals surface area contributed by atoms with Gasteiger partial charge in [0.05, 0.1) is 6.54 Å². The fraction of sp³-hybridized carbons (Fsp3) is 0.333. The zero-order valence-corrected chi connectivity index (χ0v) is 11.5. The fourth-order valence-electron chi connectivity index (χ4n) is 2.01. The second-order valence-electron chi connectivity index (χ2n) is 5.15.